The maximum Gasteiger partial charge on any atom is 0.251 e. The summed E-state index contributed by atoms with van der Waals surface area (Å²) in [5.41, 5.74) is 3.00. The van der Waals surface area contributed by atoms with Crippen molar-refractivity contribution in [1.29, 1.82) is 0 Å². The van der Waals surface area contributed by atoms with Crippen LogP contribution in [0.3, 0.4) is 0 Å². The molecule has 1 aliphatic rings. The van der Waals surface area contributed by atoms with Crippen LogP contribution in [0.2, 0.25) is 0 Å². The molecular formula is C18H23N5O. The number of piperazine rings is 1. The van der Waals surface area contributed by atoms with Crippen LogP contribution >= 0.6 is 0 Å². The Balaban J connectivity index is 1.75. The van der Waals surface area contributed by atoms with Gasteiger partial charge in [-0.15, -0.1) is 0 Å². The van der Waals surface area contributed by atoms with Gasteiger partial charge < -0.3 is 5.32 Å². The van der Waals surface area contributed by atoms with Gasteiger partial charge in [-0.25, -0.2) is 9.97 Å². The van der Waals surface area contributed by atoms with Gasteiger partial charge in [0.15, 0.2) is 0 Å². The van der Waals surface area contributed by atoms with Gasteiger partial charge in [-0.3, -0.25) is 14.6 Å². The van der Waals surface area contributed by atoms with E-state index >= 15 is 0 Å². The smallest absolute Gasteiger partial charge is 0.251 e. The first-order valence-corrected chi connectivity index (χ1v) is 8.16. The van der Waals surface area contributed by atoms with E-state index in [9.17, 15) is 4.79 Å². The number of hydrogen-bond donors (Lipinski definition) is 1. The van der Waals surface area contributed by atoms with Crippen LogP contribution in [0.25, 0.3) is 0 Å². The quantitative estimate of drug-likeness (QED) is 0.919. The van der Waals surface area contributed by atoms with Crippen LogP contribution in [0.4, 0.5) is 0 Å². The molecule has 1 aliphatic heterocycles. The zero-order valence-corrected chi connectivity index (χ0v) is 14.1. The Morgan fingerprint density at radius 1 is 1.29 bits per heavy atom. The van der Waals surface area contributed by atoms with E-state index < -0.39 is 0 Å². The van der Waals surface area contributed by atoms with Gasteiger partial charge in [0.1, 0.15) is 6.33 Å². The van der Waals surface area contributed by atoms with Crippen LogP contribution in [0.5, 0.6) is 0 Å². The molecule has 1 atom stereocenters. The lowest BCUT2D eigenvalue weighted by Crippen LogP contribution is -2.46. The van der Waals surface area contributed by atoms with Crippen molar-refractivity contribution in [2.24, 2.45) is 0 Å². The maximum atomic E-state index is 11.9. The van der Waals surface area contributed by atoms with E-state index in [0.29, 0.717) is 5.56 Å². The lowest BCUT2D eigenvalue weighted by atomic mass is 10.00. The van der Waals surface area contributed by atoms with E-state index in [2.05, 4.69) is 38.2 Å². The Hall–Kier alpha value is -2.31. The number of likely N-dealkylation sites (N-methyl/N-ethyl adjacent to an activating group) is 1. The first-order valence-electron chi connectivity index (χ1n) is 8.16. The monoisotopic (exact) mass is 325 g/mol. The largest absolute Gasteiger partial charge is 0.355 e. The van der Waals surface area contributed by atoms with Crippen molar-refractivity contribution >= 4 is 5.91 Å². The molecule has 1 saturated heterocycles. The van der Waals surface area contributed by atoms with Crippen LogP contribution in [0, 0.1) is 0 Å². The molecule has 2 heterocycles. The van der Waals surface area contributed by atoms with E-state index in [-0.39, 0.29) is 11.9 Å². The van der Waals surface area contributed by atoms with Crippen LogP contribution in [0.15, 0.2) is 43.0 Å². The average Bonchev–Trinajstić information content (AvgIpc) is 2.63. The van der Waals surface area contributed by atoms with Gasteiger partial charge in [0.05, 0.1) is 0 Å². The second kappa shape index (κ2) is 7.51. The Morgan fingerprint density at radius 3 is 2.83 bits per heavy atom. The molecule has 1 fully saturated rings. The van der Waals surface area contributed by atoms with Gasteiger partial charge >= 0.3 is 0 Å². The molecule has 0 saturated carbocycles. The molecule has 0 spiro atoms. The third-order valence-corrected chi connectivity index (χ3v) is 4.51. The minimum absolute atomic E-state index is 0.0476. The highest BCUT2D eigenvalue weighted by molar-refractivity contribution is 5.94. The molecular weight excluding hydrogens is 302 g/mol. The van der Waals surface area contributed by atoms with E-state index in [0.717, 1.165) is 31.7 Å². The lowest BCUT2D eigenvalue weighted by Gasteiger charge is -2.39. The van der Waals surface area contributed by atoms with Crippen LogP contribution in [-0.4, -0.2) is 59.4 Å². The number of benzene rings is 1. The number of carbonyl (C=O) groups is 1. The molecule has 1 N–H and O–H groups in total. The molecule has 126 valence electrons. The molecule has 1 aromatic carbocycles. The molecule has 0 aliphatic carbocycles. The Morgan fingerprint density at radius 2 is 2.08 bits per heavy atom. The first-order chi connectivity index (χ1) is 11.7. The third-order valence-electron chi connectivity index (χ3n) is 4.51. The fraction of sp³-hybridized carbons (Fsp3) is 0.389. The van der Waals surface area contributed by atoms with Gasteiger partial charge in [0.25, 0.3) is 5.91 Å². The van der Waals surface area contributed by atoms with Gasteiger partial charge in [-0.05, 0) is 24.7 Å². The van der Waals surface area contributed by atoms with Crippen LogP contribution in [0.1, 0.15) is 27.5 Å². The van der Waals surface area contributed by atoms with Crippen molar-refractivity contribution in [3.05, 3.63) is 59.7 Å². The zero-order valence-electron chi connectivity index (χ0n) is 14.1. The third kappa shape index (κ3) is 3.77. The number of amides is 1. The van der Waals surface area contributed by atoms with Crippen molar-refractivity contribution in [3.8, 4) is 0 Å². The summed E-state index contributed by atoms with van der Waals surface area (Å²) in [7, 11) is 3.80. The summed E-state index contributed by atoms with van der Waals surface area (Å²) in [5.74, 6) is -0.0476. The second-order valence-corrected chi connectivity index (χ2v) is 6.18. The van der Waals surface area contributed by atoms with Gasteiger partial charge in [0, 0.05) is 62.8 Å². The van der Waals surface area contributed by atoms with Crippen LogP contribution in [-0.2, 0) is 6.54 Å². The van der Waals surface area contributed by atoms with E-state index in [4.69, 9.17) is 0 Å². The number of nitrogens with one attached hydrogen (secondary N) is 1. The number of carbonyl (C=O) groups excluding carboxylic acids is 1. The Labute approximate surface area is 142 Å². The highest BCUT2D eigenvalue weighted by atomic mass is 16.1. The summed E-state index contributed by atoms with van der Waals surface area (Å²) >= 11 is 0. The molecule has 3 rings (SSSR count). The minimum atomic E-state index is -0.0476. The Bertz CT molecular complexity index is 691. The highest BCUT2D eigenvalue weighted by Crippen LogP contribution is 2.25. The summed E-state index contributed by atoms with van der Waals surface area (Å²) in [4.78, 5) is 24.8. The topological polar surface area (TPSA) is 61.4 Å². The van der Waals surface area contributed by atoms with Crippen molar-refractivity contribution in [2.45, 2.75) is 12.6 Å². The van der Waals surface area contributed by atoms with Crippen molar-refractivity contribution in [2.75, 3.05) is 33.7 Å². The van der Waals surface area contributed by atoms with Gasteiger partial charge in [0.2, 0.25) is 0 Å². The number of rotatable bonds is 4. The van der Waals surface area contributed by atoms with Crippen molar-refractivity contribution in [1.82, 2.24) is 25.1 Å². The average molecular weight is 325 g/mol. The molecule has 0 bridgehead atoms. The first kappa shape index (κ1) is 16.5. The number of nitrogens with zero attached hydrogens (tertiary/aromatic N) is 4. The number of aromatic nitrogens is 2. The Kier molecular flexibility index (Phi) is 5.17. The summed E-state index contributed by atoms with van der Waals surface area (Å²) in [6.45, 7) is 3.77. The fourth-order valence-electron chi connectivity index (χ4n) is 3.14. The maximum absolute atomic E-state index is 11.9. The predicted molar refractivity (Wildman–Crippen MR) is 92.5 cm³/mol. The molecule has 0 radical (unpaired) electrons. The summed E-state index contributed by atoms with van der Waals surface area (Å²) in [6.07, 6.45) is 5.29. The van der Waals surface area contributed by atoms with Crippen molar-refractivity contribution in [3.63, 3.8) is 0 Å². The molecule has 1 amide bonds. The predicted octanol–water partition coefficient (Wildman–Crippen LogP) is 1.32. The van der Waals surface area contributed by atoms with Gasteiger partial charge in [-0.1, -0.05) is 12.1 Å². The molecule has 1 unspecified atom stereocenters. The molecule has 6 heteroatoms. The fourth-order valence-corrected chi connectivity index (χ4v) is 3.14. The van der Waals surface area contributed by atoms with E-state index in [1.807, 2.05) is 30.6 Å². The lowest BCUT2D eigenvalue weighted by molar-refractivity contribution is 0.0899. The standard InChI is InChI=1S/C18H23N5O/c1-19-18(24)16-5-3-4-15(8-16)17-12-23(7-6-22(17)2)11-14-9-20-13-21-10-14/h3-5,8-10,13,17H,6-7,11-12H2,1-2H3,(H,19,24). The van der Waals surface area contributed by atoms with E-state index in [1.54, 1.807) is 13.4 Å². The number of hydrogen-bond acceptors (Lipinski definition) is 5. The molecule has 24 heavy (non-hydrogen) atoms. The second-order valence-electron chi connectivity index (χ2n) is 6.18. The molecule has 2 aromatic rings. The van der Waals surface area contributed by atoms with Crippen LogP contribution < -0.4 is 5.32 Å². The summed E-state index contributed by atoms with van der Waals surface area (Å²) in [6, 6.07) is 8.17. The zero-order chi connectivity index (χ0) is 16.9. The molecule has 1 aromatic heterocycles. The minimum Gasteiger partial charge on any atom is -0.355 e. The van der Waals surface area contributed by atoms with E-state index in [1.165, 1.54) is 5.56 Å². The highest BCUT2D eigenvalue weighted by Gasteiger charge is 2.26. The van der Waals surface area contributed by atoms with Crippen molar-refractivity contribution < 1.29 is 4.79 Å². The summed E-state index contributed by atoms with van der Waals surface area (Å²) in [5, 5.41) is 2.69. The summed E-state index contributed by atoms with van der Waals surface area (Å²) < 4.78 is 0. The SMILES string of the molecule is CNC(=O)c1cccc(C2CN(Cc3cncnc3)CCN2C)c1. The van der Waals surface area contributed by atoms with Gasteiger partial charge in [-0.2, -0.15) is 0 Å². The normalized spacial score (nSPS) is 19.2. The molecule has 6 nitrogen and oxygen atoms in total.